The number of hydrogen-bond donors (Lipinski definition) is 2. The van der Waals surface area contributed by atoms with Gasteiger partial charge in [0.05, 0.1) is 12.1 Å². The summed E-state index contributed by atoms with van der Waals surface area (Å²) in [6.45, 7) is 4.36. The van der Waals surface area contributed by atoms with Gasteiger partial charge in [-0.05, 0) is 26.3 Å². The molecule has 0 aromatic carbocycles. The minimum atomic E-state index is -0.0222. The van der Waals surface area contributed by atoms with Crippen molar-refractivity contribution in [3.63, 3.8) is 0 Å². The van der Waals surface area contributed by atoms with Crippen molar-refractivity contribution >= 4 is 5.91 Å². The number of carbonyl (C=O) groups excluding carboxylic acids is 1. The van der Waals surface area contributed by atoms with Crippen LogP contribution in [0.25, 0.3) is 0 Å². The summed E-state index contributed by atoms with van der Waals surface area (Å²) in [6, 6.07) is 1.79. The fraction of sp³-hybridized carbons (Fsp3) is 0.417. The lowest BCUT2D eigenvalue weighted by molar-refractivity contribution is -0.120. The number of aromatic amines is 1. The molecule has 2 rings (SSSR count). The van der Waals surface area contributed by atoms with Crippen LogP contribution >= 0.6 is 0 Å². The van der Waals surface area contributed by atoms with Crippen LogP contribution in [0.1, 0.15) is 22.7 Å². The largest absolute Gasteiger partial charge is 0.361 e. The minimum absolute atomic E-state index is 0.0222. The predicted molar refractivity (Wildman–Crippen MR) is 65.0 cm³/mol. The predicted octanol–water partition coefficient (Wildman–Crippen LogP) is 0.916. The number of amides is 1. The van der Waals surface area contributed by atoms with Gasteiger partial charge in [0, 0.05) is 24.0 Å². The number of aromatic nitrogens is 3. The van der Waals surface area contributed by atoms with Gasteiger partial charge in [0.1, 0.15) is 5.76 Å². The van der Waals surface area contributed by atoms with Crippen LogP contribution in [0.4, 0.5) is 0 Å². The lowest BCUT2D eigenvalue weighted by Gasteiger charge is -2.03. The van der Waals surface area contributed by atoms with Crippen LogP contribution in [0.15, 0.2) is 16.8 Å². The number of carbonyl (C=O) groups is 1. The van der Waals surface area contributed by atoms with Gasteiger partial charge in [-0.25, -0.2) is 0 Å². The van der Waals surface area contributed by atoms with Crippen molar-refractivity contribution < 1.29 is 9.32 Å². The number of nitrogens with zero attached hydrogens (tertiary/aromatic N) is 2. The van der Waals surface area contributed by atoms with Crippen molar-refractivity contribution in [2.24, 2.45) is 0 Å². The fourth-order valence-corrected chi connectivity index (χ4v) is 1.80. The average molecular weight is 248 g/mol. The van der Waals surface area contributed by atoms with Gasteiger partial charge in [0.2, 0.25) is 5.91 Å². The Morgan fingerprint density at radius 1 is 1.50 bits per heavy atom. The Balaban J connectivity index is 1.77. The van der Waals surface area contributed by atoms with Crippen LogP contribution in [0.5, 0.6) is 0 Å². The van der Waals surface area contributed by atoms with Crippen molar-refractivity contribution in [3.05, 3.63) is 35.0 Å². The molecule has 2 heterocycles. The number of nitrogens with one attached hydrogen (secondary N) is 2. The van der Waals surface area contributed by atoms with E-state index in [1.54, 1.807) is 12.3 Å². The number of aryl methyl sites for hydroxylation is 2. The highest BCUT2D eigenvalue weighted by atomic mass is 16.5. The van der Waals surface area contributed by atoms with Gasteiger partial charge in [0.15, 0.2) is 0 Å². The molecule has 0 spiro atoms. The van der Waals surface area contributed by atoms with Crippen LogP contribution in [0.2, 0.25) is 0 Å². The number of rotatable bonds is 5. The first-order chi connectivity index (χ1) is 8.66. The van der Waals surface area contributed by atoms with E-state index < -0.39 is 0 Å². The van der Waals surface area contributed by atoms with Crippen LogP contribution in [-0.2, 0) is 17.6 Å². The summed E-state index contributed by atoms with van der Waals surface area (Å²) in [5.41, 5.74) is 2.76. The van der Waals surface area contributed by atoms with Gasteiger partial charge in [0.25, 0.3) is 0 Å². The molecule has 0 atom stereocenters. The van der Waals surface area contributed by atoms with E-state index in [1.807, 2.05) is 13.8 Å². The molecule has 96 valence electrons. The Morgan fingerprint density at radius 3 is 2.94 bits per heavy atom. The van der Waals surface area contributed by atoms with Gasteiger partial charge in [-0.3, -0.25) is 9.89 Å². The zero-order valence-corrected chi connectivity index (χ0v) is 10.5. The molecule has 6 heteroatoms. The first-order valence-corrected chi connectivity index (χ1v) is 5.83. The van der Waals surface area contributed by atoms with E-state index in [1.165, 1.54) is 0 Å². The minimum Gasteiger partial charge on any atom is -0.361 e. The summed E-state index contributed by atoms with van der Waals surface area (Å²) in [6.07, 6.45) is 2.68. The molecule has 6 nitrogen and oxygen atoms in total. The van der Waals surface area contributed by atoms with E-state index in [0.717, 1.165) is 29.1 Å². The first-order valence-electron chi connectivity index (χ1n) is 5.83. The second-order valence-corrected chi connectivity index (χ2v) is 4.16. The summed E-state index contributed by atoms with van der Waals surface area (Å²) in [5, 5.41) is 13.3. The Bertz CT molecular complexity index is 497. The van der Waals surface area contributed by atoms with Gasteiger partial charge < -0.3 is 9.84 Å². The highest BCUT2D eigenvalue weighted by Gasteiger charge is 2.09. The highest BCUT2D eigenvalue weighted by Crippen LogP contribution is 2.11. The SMILES string of the molecule is Cc1noc(C)c1CCNC(=O)Cc1ccn[nH]1. The molecular formula is C12H16N4O2. The van der Waals surface area contributed by atoms with Gasteiger partial charge >= 0.3 is 0 Å². The molecule has 0 bridgehead atoms. The van der Waals surface area contributed by atoms with E-state index in [2.05, 4.69) is 20.7 Å². The third-order valence-corrected chi connectivity index (χ3v) is 2.79. The van der Waals surface area contributed by atoms with E-state index in [-0.39, 0.29) is 5.91 Å². The van der Waals surface area contributed by atoms with E-state index in [4.69, 9.17) is 4.52 Å². The Kier molecular flexibility index (Phi) is 3.76. The molecule has 0 unspecified atom stereocenters. The molecule has 2 N–H and O–H groups in total. The van der Waals surface area contributed by atoms with E-state index >= 15 is 0 Å². The van der Waals surface area contributed by atoms with Crippen molar-refractivity contribution in [1.29, 1.82) is 0 Å². The zero-order chi connectivity index (χ0) is 13.0. The van der Waals surface area contributed by atoms with Crippen LogP contribution < -0.4 is 5.32 Å². The maximum absolute atomic E-state index is 11.6. The first kappa shape index (κ1) is 12.3. The molecule has 0 saturated heterocycles. The summed E-state index contributed by atoms with van der Waals surface area (Å²) in [7, 11) is 0. The molecule has 0 aliphatic rings. The maximum Gasteiger partial charge on any atom is 0.226 e. The normalized spacial score (nSPS) is 10.6. The summed E-state index contributed by atoms with van der Waals surface area (Å²) in [4.78, 5) is 11.6. The summed E-state index contributed by atoms with van der Waals surface area (Å²) in [5.74, 6) is 0.793. The smallest absolute Gasteiger partial charge is 0.226 e. The number of H-pyrrole nitrogens is 1. The summed E-state index contributed by atoms with van der Waals surface area (Å²) < 4.78 is 5.06. The second-order valence-electron chi connectivity index (χ2n) is 4.16. The molecule has 0 radical (unpaired) electrons. The van der Waals surface area contributed by atoms with Gasteiger partial charge in [-0.2, -0.15) is 5.10 Å². The third-order valence-electron chi connectivity index (χ3n) is 2.79. The molecule has 1 amide bonds. The molecule has 2 aromatic rings. The quantitative estimate of drug-likeness (QED) is 0.824. The lowest BCUT2D eigenvalue weighted by Crippen LogP contribution is -2.27. The zero-order valence-electron chi connectivity index (χ0n) is 10.5. The van der Waals surface area contributed by atoms with Crippen molar-refractivity contribution in [3.8, 4) is 0 Å². The molecule has 0 aliphatic carbocycles. The molecule has 0 fully saturated rings. The summed E-state index contributed by atoms with van der Waals surface area (Å²) >= 11 is 0. The topological polar surface area (TPSA) is 83.8 Å². The van der Waals surface area contributed by atoms with Crippen LogP contribution in [0.3, 0.4) is 0 Å². The third kappa shape index (κ3) is 2.97. The number of hydrogen-bond acceptors (Lipinski definition) is 4. The van der Waals surface area contributed by atoms with Gasteiger partial charge in [-0.1, -0.05) is 5.16 Å². The van der Waals surface area contributed by atoms with E-state index in [0.29, 0.717) is 13.0 Å². The van der Waals surface area contributed by atoms with Crippen LogP contribution in [-0.4, -0.2) is 27.8 Å². The van der Waals surface area contributed by atoms with Crippen LogP contribution in [0, 0.1) is 13.8 Å². The van der Waals surface area contributed by atoms with Crippen molar-refractivity contribution in [2.75, 3.05) is 6.54 Å². The highest BCUT2D eigenvalue weighted by molar-refractivity contribution is 5.78. The molecule has 0 saturated carbocycles. The standard InChI is InChI=1S/C12H16N4O2/c1-8-11(9(2)18-16-8)4-5-13-12(17)7-10-3-6-14-15-10/h3,6H,4-5,7H2,1-2H3,(H,13,17)(H,14,15). The molecule has 18 heavy (non-hydrogen) atoms. The van der Waals surface area contributed by atoms with Crippen molar-refractivity contribution in [1.82, 2.24) is 20.7 Å². The lowest BCUT2D eigenvalue weighted by atomic mass is 10.1. The molecule has 2 aromatic heterocycles. The average Bonchev–Trinajstić information content (AvgIpc) is 2.93. The monoisotopic (exact) mass is 248 g/mol. The van der Waals surface area contributed by atoms with E-state index in [9.17, 15) is 4.79 Å². The Morgan fingerprint density at radius 2 is 2.33 bits per heavy atom. The van der Waals surface area contributed by atoms with Crippen molar-refractivity contribution in [2.45, 2.75) is 26.7 Å². The Hall–Kier alpha value is -2.11. The second kappa shape index (κ2) is 5.48. The molecule has 0 aliphatic heterocycles. The van der Waals surface area contributed by atoms with Gasteiger partial charge in [-0.15, -0.1) is 0 Å². The molecular weight excluding hydrogens is 232 g/mol. The Labute approximate surface area is 105 Å². The maximum atomic E-state index is 11.6. The fourth-order valence-electron chi connectivity index (χ4n) is 1.80.